The zero-order valence-electron chi connectivity index (χ0n) is 9.09. The fraction of sp³-hybridized carbons (Fsp3) is 0. The monoisotopic (exact) mass is 361 g/mol. The molecule has 2 aromatic rings. The predicted molar refractivity (Wildman–Crippen MR) is 75.9 cm³/mol. The normalized spacial score (nSPS) is 10.2. The van der Waals surface area contributed by atoms with Gasteiger partial charge in [-0.15, -0.1) is 0 Å². The Balaban J connectivity index is 2.20. The van der Waals surface area contributed by atoms with E-state index in [0.717, 1.165) is 11.3 Å². The first-order valence-electron chi connectivity index (χ1n) is 4.84. The van der Waals surface area contributed by atoms with Gasteiger partial charge in [-0.1, -0.05) is 22.9 Å². The first-order chi connectivity index (χ1) is 8.97. The predicted octanol–water partition coefficient (Wildman–Crippen LogP) is 3.72. The van der Waals surface area contributed by atoms with Crippen LogP contribution < -0.4 is 5.32 Å². The standard InChI is InChI=1S/C10H5BrClN3O3S/c11-5-3-6(9(12)13-4-5)14-10(16)7-1-2-8(19-7)15(17)18/h1-4H,(H,14,16). The van der Waals surface area contributed by atoms with E-state index < -0.39 is 10.8 Å². The van der Waals surface area contributed by atoms with Gasteiger partial charge < -0.3 is 5.32 Å². The topological polar surface area (TPSA) is 85.1 Å². The Labute approximate surface area is 124 Å². The van der Waals surface area contributed by atoms with Crippen molar-refractivity contribution in [2.24, 2.45) is 0 Å². The number of carbonyl (C=O) groups excluding carboxylic acids is 1. The van der Waals surface area contributed by atoms with Gasteiger partial charge in [-0.2, -0.15) is 0 Å². The summed E-state index contributed by atoms with van der Waals surface area (Å²) in [6.45, 7) is 0. The third kappa shape index (κ3) is 3.28. The molecule has 0 aliphatic heterocycles. The number of nitrogens with one attached hydrogen (secondary N) is 1. The van der Waals surface area contributed by atoms with Crippen molar-refractivity contribution < 1.29 is 9.72 Å². The van der Waals surface area contributed by atoms with Gasteiger partial charge in [0.1, 0.15) is 0 Å². The number of amides is 1. The first-order valence-corrected chi connectivity index (χ1v) is 6.83. The Morgan fingerprint density at radius 3 is 2.89 bits per heavy atom. The van der Waals surface area contributed by atoms with Gasteiger partial charge in [-0.25, -0.2) is 4.98 Å². The van der Waals surface area contributed by atoms with Crippen molar-refractivity contribution in [2.75, 3.05) is 5.32 Å². The average molecular weight is 363 g/mol. The lowest BCUT2D eigenvalue weighted by molar-refractivity contribution is -0.380. The summed E-state index contributed by atoms with van der Waals surface area (Å²) in [5.74, 6) is -0.472. The zero-order chi connectivity index (χ0) is 14.0. The Morgan fingerprint density at radius 2 is 2.26 bits per heavy atom. The average Bonchev–Trinajstić information content (AvgIpc) is 2.83. The van der Waals surface area contributed by atoms with E-state index in [9.17, 15) is 14.9 Å². The van der Waals surface area contributed by atoms with E-state index in [2.05, 4.69) is 26.2 Å². The van der Waals surface area contributed by atoms with Crippen molar-refractivity contribution >= 4 is 55.5 Å². The highest BCUT2D eigenvalue weighted by Crippen LogP contribution is 2.27. The number of pyridine rings is 1. The smallest absolute Gasteiger partial charge is 0.319 e. The number of aromatic nitrogens is 1. The molecule has 0 spiro atoms. The third-order valence-electron chi connectivity index (χ3n) is 2.05. The van der Waals surface area contributed by atoms with Gasteiger partial charge in [-0.3, -0.25) is 14.9 Å². The minimum atomic E-state index is -0.547. The van der Waals surface area contributed by atoms with Crippen LogP contribution >= 0.6 is 38.9 Å². The maximum atomic E-state index is 11.9. The van der Waals surface area contributed by atoms with Crippen molar-refractivity contribution in [3.05, 3.63) is 49.0 Å². The second-order valence-electron chi connectivity index (χ2n) is 3.34. The summed E-state index contributed by atoms with van der Waals surface area (Å²) in [4.78, 5) is 26.0. The maximum Gasteiger partial charge on any atom is 0.324 e. The van der Waals surface area contributed by atoms with E-state index in [0.29, 0.717) is 10.2 Å². The minimum Gasteiger partial charge on any atom is -0.319 e. The molecule has 98 valence electrons. The van der Waals surface area contributed by atoms with Crippen LogP contribution in [0.5, 0.6) is 0 Å². The van der Waals surface area contributed by atoms with Crippen molar-refractivity contribution in [3.63, 3.8) is 0 Å². The highest BCUT2D eigenvalue weighted by molar-refractivity contribution is 9.10. The van der Waals surface area contributed by atoms with Crippen LogP contribution in [0, 0.1) is 10.1 Å². The maximum absolute atomic E-state index is 11.9. The Morgan fingerprint density at radius 1 is 1.53 bits per heavy atom. The minimum absolute atomic E-state index is 0.0939. The number of hydrogen-bond donors (Lipinski definition) is 1. The fourth-order valence-electron chi connectivity index (χ4n) is 1.24. The summed E-state index contributed by atoms with van der Waals surface area (Å²) in [6.07, 6.45) is 1.49. The van der Waals surface area contributed by atoms with E-state index >= 15 is 0 Å². The number of thiophene rings is 1. The zero-order valence-corrected chi connectivity index (χ0v) is 12.3. The Kier molecular flexibility index (Phi) is 4.13. The summed E-state index contributed by atoms with van der Waals surface area (Å²) in [5, 5.41) is 13.1. The summed E-state index contributed by atoms with van der Waals surface area (Å²) >= 11 is 9.83. The van der Waals surface area contributed by atoms with Gasteiger partial charge in [0.15, 0.2) is 5.15 Å². The Hall–Kier alpha value is -1.51. The molecule has 2 aromatic heterocycles. The molecule has 2 rings (SSSR count). The summed E-state index contributed by atoms with van der Waals surface area (Å²) in [6, 6.07) is 4.26. The molecule has 0 unspecified atom stereocenters. The quantitative estimate of drug-likeness (QED) is 0.512. The first kappa shape index (κ1) is 13.9. The van der Waals surface area contributed by atoms with E-state index in [1.807, 2.05) is 0 Å². The molecule has 0 saturated heterocycles. The van der Waals surface area contributed by atoms with Crippen LogP contribution in [0.3, 0.4) is 0 Å². The molecule has 0 aliphatic rings. The SMILES string of the molecule is O=C(Nc1cc(Br)cnc1Cl)c1ccc([N+](=O)[O-])s1. The number of carbonyl (C=O) groups is 1. The number of nitro groups is 1. The highest BCUT2D eigenvalue weighted by atomic mass is 79.9. The number of anilines is 1. The lowest BCUT2D eigenvalue weighted by Gasteiger charge is -2.05. The van der Waals surface area contributed by atoms with Crippen molar-refractivity contribution in [1.82, 2.24) is 4.98 Å². The van der Waals surface area contributed by atoms with Crippen LogP contribution in [0.2, 0.25) is 5.15 Å². The van der Waals surface area contributed by atoms with Crippen molar-refractivity contribution in [2.45, 2.75) is 0 Å². The van der Waals surface area contributed by atoms with Crippen molar-refractivity contribution in [1.29, 1.82) is 0 Å². The largest absolute Gasteiger partial charge is 0.324 e. The second kappa shape index (κ2) is 5.64. The molecule has 0 saturated carbocycles. The van der Waals surface area contributed by atoms with Crippen LogP contribution in [-0.4, -0.2) is 15.8 Å². The molecule has 0 bridgehead atoms. The van der Waals surface area contributed by atoms with Crippen molar-refractivity contribution in [3.8, 4) is 0 Å². The second-order valence-corrected chi connectivity index (χ2v) is 5.68. The van der Waals surface area contributed by atoms with Crippen LogP contribution in [0.25, 0.3) is 0 Å². The van der Waals surface area contributed by atoms with Gasteiger partial charge in [0.05, 0.1) is 15.5 Å². The van der Waals surface area contributed by atoms with E-state index in [4.69, 9.17) is 11.6 Å². The lowest BCUT2D eigenvalue weighted by atomic mass is 10.4. The molecule has 1 N–H and O–H groups in total. The van der Waals surface area contributed by atoms with Gasteiger partial charge in [0, 0.05) is 16.7 Å². The Bertz CT molecular complexity index is 661. The molecule has 0 atom stereocenters. The van der Waals surface area contributed by atoms with E-state index in [-0.39, 0.29) is 15.0 Å². The van der Waals surface area contributed by atoms with Gasteiger partial charge in [0.25, 0.3) is 5.91 Å². The van der Waals surface area contributed by atoms with Crippen LogP contribution in [0.1, 0.15) is 9.67 Å². The lowest BCUT2D eigenvalue weighted by Crippen LogP contribution is -2.10. The molecule has 2 heterocycles. The summed E-state index contributed by atoms with van der Waals surface area (Å²) in [5.41, 5.74) is 0.331. The van der Waals surface area contributed by atoms with Gasteiger partial charge in [0.2, 0.25) is 0 Å². The van der Waals surface area contributed by atoms with Gasteiger partial charge >= 0.3 is 5.00 Å². The molecule has 0 radical (unpaired) electrons. The molecule has 9 heteroatoms. The molecule has 6 nitrogen and oxygen atoms in total. The molecule has 19 heavy (non-hydrogen) atoms. The molecule has 0 fully saturated rings. The highest BCUT2D eigenvalue weighted by Gasteiger charge is 2.16. The molecular weight excluding hydrogens is 358 g/mol. The number of rotatable bonds is 3. The summed E-state index contributed by atoms with van der Waals surface area (Å²) in [7, 11) is 0. The molecule has 0 aliphatic carbocycles. The van der Waals surface area contributed by atoms with E-state index in [1.165, 1.54) is 18.3 Å². The third-order valence-corrected chi connectivity index (χ3v) is 3.82. The molecule has 0 aromatic carbocycles. The molecule has 1 amide bonds. The fourth-order valence-corrected chi connectivity index (χ4v) is 2.44. The van der Waals surface area contributed by atoms with Gasteiger partial charge in [-0.05, 0) is 28.1 Å². The van der Waals surface area contributed by atoms with Crippen LogP contribution in [-0.2, 0) is 0 Å². The number of nitrogens with zero attached hydrogens (tertiary/aromatic N) is 2. The number of hydrogen-bond acceptors (Lipinski definition) is 5. The van der Waals surface area contributed by atoms with Crippen LogP contribution in [0.4, 0.5) is 10.7 Å². The van der Waals surface area contributed by atoms with Crippen LogP contribution in [0.15, 0.2) is 28.9 Å². The molecular formula is C10H5BrClN3O3S. The number of halogens is 2. The summed E-state index contributed by atoms with van der Waals surface area (Å²) < 4.78 is 0.657. The van der Waals surface area contributed by atoms with E-state index in [1.54, 1.807) is 6.07 Å².